The Morgan fingerprint density at radius 3 is 2.18 bits per heavy atom. The molecule has 0 bridgehead atoms. The van der Waals surface area contributed by atoms with Crippen molar-refractivity contribution in [2.24, 2.45) is 5.92 Å². The zero-order valence-electron chi connectivity index (χ0n) is 8.39. The molecule has 0 aliphatic heterocycles. The molecule has 1 atom stereocenters. The Hall–Kier alpha value is -0.0800. The van der Waals surface area contributed by atoms with Crippen molar-refractivity contribution >= 4 is 0 Å². The molecule has 0 spiro atoms. The lowest BCUT2D eigenvalue weighted by Crippen LogP contribution is -2.37. The Bertz CT molecular complexity index is 107. The van der Waals surface area contributed by atoms with Crippen LogP contribution in [-0.2, 0) is 0 Å². The van der Waals surface area contributed by atoms with E-state index in [-0.39, 0.29) is 0 Å². The van der Waals surface area contributed by atoms with E-state index >= 15 is 0 Å². The first kappa shape index (κ1) is 10.9. The lowest BCUT2D eigenvalue weighted by Gasteiger charge is -2.29. The average Bonchev–Trinajstić information content (AvgIpc) is 1.85. The van der Waals surface area contributed by atoms with E-state index in [1.165, 1.54) is 0 Å². The summed E-state index contributed by atoms with van der Waals surface area (Å²) in [7, 11) is 2.07. The summed E-state index contributed by atoms with van der Waals surface area (Å²) in [6, 6.07) is 0. The van der Waals surface area contributed by atoms with E-state index in [4.69, 9.17) is 0 Å². The van der Waals surface area contributed by atoms with Gasteiger partial charge in [-0.1, -0.05) is 13.8 Å². The van der Waals surface area contributed by atoms with E-state index < -0.39 is 5.60 Å². The Labute approximate surface area is 70.2 Å². The quantitative estimate of drug-likeness (QED) is 0.669. The third-order valence-corrected chi connectivity index (χ3v) is 2.33. The first-order valence-corrected chi connectivity index (χ1v) is 4.28. The second-order valence-corrected chi connectivity index (χ2v) is 3.91. The first-order chi connectivity index (χ1) is 4.88. The van der Waals surface area contributed by atoms with Crippen molar-refractivity contribution in [1.29, 1.82) is 0 Å². The third-order valence-electron chi connectivity index (χ3n) is 2.33. The maximum absolute atomic E-state index is 9.60. The molecule has 1 unspecified atom stereocenters. The van der Waals surface area contributed by atoms with Crippen LogP contribution in [-0.4, -0.2) is 35.7 Å². The molecule has 0 saturated heterocycles. The fourth-order valence-corrected chi connectivity index (χ4v) is 0.820. The van der Waals surface area contributed by atoms with E-state index in [0.29, 0.717) is 5.92 Å². The number of nitrogens with zero attached hydrogens (tertiary/aromatic N) is 1. The molecule has 0 fully saturated rings. The molecule has 0 saturated carbocycles. The van der Waals surface area contributed by atoms with Crippen LogP contribution in [0.2, 0.25) is 0 Å². The van der Waals surface area contributed by atoms with E-state index in [1.54, 1.807) is 0 Å². The van der Waals surface area contributed by atoms with Crippen LogP contribution in [0.1, 0.15) is 27.7 Å². The highest BCUT2D eigenvalue weighted by atomic mass is 16.3. The molecule has 11 heavy (non-hydrogen) atoms. The summed E-state index contributed by atoms with van der Waals surface area (Å²) in [5, 5.41) is 9.60. The second-order valence-electron chi connectivity index (χ2n) is 3.91. The maximum Gasteiger partial charge on any atom is 0.0629 e. The summed E-state index contributed by atoms with van der Waals surface area (Å²) >= 11 is 0. The lowest BCUT2D eigenvalue weighted by molar-refractivity contribution is 0.0126. The van der Waals surface area contributed by atoms with E-state index in [2.05, 4.69) is 25.8 Å². The molecular formula is C9H21NO. The molecule has 1 N–H and O–H groups in total. The molecule has 0 rings (SSSR count). The van der Waals surface area contributed by atoms with E-state index in [1.807, 2.05) is 13.8 Å². The SMILES string of the molecule is CCN(C)CC(C)C(C)(C)O. The van der Waals surface area contributed by atoms with Gasteiger partial charge in [-0.25, -0.2) is 0 Å². The molecule has 2 heteroatoms. The van der Waals surface area contributed by atoms with Crippen LogP contribution in [0.4, 0.5) is 0 Å². The van der Waals surface area contributed by atoms with Gasteiger partial charge >= 0.3 is 0 Å². The van der Waals surface area contributed by atoms with Gasteiger partial charge in [0.1, 0.15) is 0 Å². The maximum atomic E-state index is 9.60. The third kappa shape index (κ3) is 4.38. The van der Waals surface area contributed by atoms with Crippen molar-refractivity contribution in [3.63, 3.8) is 0 Å². The monoisotopic (exact) mass is 159 g/mol. The minimum absolute atomic E-state index is 0.326. The molecule has 0 aliphatic carbocycles. The molecule has 2 nitrogen and oxygen atoms in total. The van der Waals surface area contributed by atoms with Gasteiger partial charge < -0.3 is 10.0 Å². The van der Waals surface area contributed by atoms with Crippen molar-refractivity contribution in [3.8, 4) is 0 Å². The zero-order chi connectivity index (χ0) is 9.07. The van der Waals surface area contributed by atoms with Crippen molar-refractivity contribution in [2.75, 3.05) is 20.1 Å². The second kappa shape index (κ2) is 4.07. The normalized spacial score (nSPS) is 15.5. The highest BCUT2D eigenvalue weighted by Crippen LogP contribution is 2.15. The van der Waals surface area contributed by atoms with Crippen molar-refractivity contribution < 1.29 is 5.11 Å². The van der Waals surface area contributed by atoms with Gasteiger partial charge in [-0.05, 0) is 33.4 Å². The predicted molar refractivity (Wildman–Crippen MR) is 48.6 cm³/mol. The van der Waals surface area contributed by atoms with Crippen LogP contribution in [0.25, 0.3) is 0 Å². The minimum atomic E-state index is -0.552. The summed E-state index contributed by atoms with van der Waals surface area (Å²) in [6.45, 7) is 9.92. The Kier molecular flexibility index (Phi) is 4.04. The number of hydrogen-bond donors (Lipinski definition) is 1. The lowest BCUT2D eigenvalue weighted by atomic mass is 9.93. The molecular weight excluding hydrogens is 138 g/mol. The van der Waals surface area contributed by atoms with Crippen molar-refractivity contribution in [2.45, 2.75) is 33.3 Å². The fourth-order valence-electron chi connectivity index (χ4n) is 0.820. The first-order valence-electron chi connectivity index (χ1n) is 4.28. The van der Waals surface area contributed by atoms with Gasteiger partial charge in [0.25, 0.3) is 0 Å². The largest absolute Gasteiger partial charge is 0.390 e. The van der Waals surface area contributed by atoms with Gasteiger partial charge in [-0.3, -0.25) is 0 Å². The molecule has 0 heterocycles. The van der Waals surface area contributed by atoms with E-state index in [9.17, 15) is 5.11 Å². The summed E-state index contributed by atoms with van der Waals surface area (Å²) < 4.78 is 0. The zero-order valence-corrected chi connectivity index (χ0v) is 8.39. The molecule has 0 aromatic heterocycles. The Morgan fingerprint density at radius 2 is 1.91 bits per heavy atom. The fraction of sp³-hybridized carbons (Fsp3) is 1.00. The molecule has 0 aliphatic rings. The smallest absolute Gasteiger partial charge is 0.0629 e. The number of aliphatic hydroxyl groups is 1. The van der Waals surface area contributed by atoms with Crippen LogP contribution >= 0.6 is 0 Å². The van der Waals surface area contributed by atoms with Crippen LogP contribution in [0.3, 0.4) is 0 Å². The van der Waals surface area contributed by atoms with Crippen LogP contribution in [0.15, 0.2) is 0 Å². The summed E-state index contributed by atoms with van der Waals surface area (Å²) in [4.78, 5) is 2.21. The van der Waals surface area contributed by atoms with Crippen molar-refractivity contribution in [1.82, 2.24) is 4.90 Å². The van der Waals surface area contributed by atoms with Gasteiger partial charge in [0.2, 0.25) is 0 Å². The highest BCUT2D eigenvalue weighted by Gasteiger charge is 2.22. The van der Waals surface area contributed by atoms with Gasteiger partial charge in [0.15, 0.2) is 0 Å². The molecule has 0 amide bonds. The average molecular weight is 159 g/mol. The van der Waals surface area contributed by atoms with Gasteiger partial charge in [-0.15, -0.1) is 0 Å². The topological polar surface area (TPSA) is 23.5 Å². The molecule has 68 valence electrons. The predicted octanol–water partition coefficient (Wildman–Crippen LogP) is 1.35. The Morgan fingerprint density at radius 1 is 1.45 bits per heavy atom. The van der Waals surface area contributed by atoms with Crippen LogP contribution in [0.5, 0.6) is 0 Å². The Balaban J connectivity index is 3.77. The van der Waals surface area contributed by atoms with Crippen LogP contribution < -0.4 is 0 Å². The molecule has 0 radical (unpaired) electrons. The molecule has 0 aromatic carbocycles. The van der Waals surface area contributed by atoms with Crippen molar-refractivity contribution in [3.05, 3.63) is 0 Å². The van der Waals surface area contributed by atoms with E-state index in [0.717, 1.165) is 13.1 Å². The highest BCUT2D eigenvalue weighted by molar-refractivity contribution is 4.75. The number of rotatable bonds is 4. The standard InChI is InChI=1S/C9H21NO/c1-6-10(5)7-8(2)9(3,4)11/h8,11H,6-7H2,1-5H3. The summed E-state index contributed by atoms with van der Waals surface area (Å²) in [6.07, 6.45) is 0. The van der Waals surface area contributed by atoms with Gasteiger partial charge in [0.05, 0.1) is 5.60 Å². The molecule has 0 aromatic rings. The van der Waals surface area contributed by atoms with Gasteiger partial charge in [-0.2, -0.15) is 0 Å². The summed E-state index contributed by atoms with van der Waals surface area (Å²) in [5.74, 6) is 0.326. The minimum Gasteiger partial charge on any atom is -0.390 e. The van der Waals surface area contributed by atoms with Crippen LogP contribution in [0, 0.1) is 5.92 Å². The summed E-state index contributed by atoms with van der Waals surface area (Å²) in [5.41, 5.74) is -0.552. The number of hydrogen-bond acceptors (Lipinski definition) is 2. The van der Waals surface area contributed by atoms with Gasteiger partial charge in [0, 0.05) is 6.54 Å².